The predicted octanol–water partition coefficient (Wildman–Crippen LogP) is 2.64. The van der Waals surface area contributed by atoms with E-state index in [-0.39, 0.29) is 18.6 Å². The molecule has 1 aliphatic rings. The summed E-state index contributed by atoms with van der Waals surface area (Å²) in [5, 5.41) is 20.4. The van der Waals surface area contributed by atoms with Crippen LogP contribution in [0, 0.1) is 6.92 Å². The van der Waals surface area contributed by atoms with Gasteiger partial charge in [-0.3, -0.25) is 0 Å². The minimum atomic E-state index is -0.301. The highest BCUT2D eigenvalue weighted by atomic mass is 16.3. The Hall–Kier alpha value is -1.32. The Labute approximate surface area is 106 Å². The van der Waals surface area contributed by atoms with Crippen LogP contribution in [0.2, 0.25) is 0 Å². The summed E-state index contributed by atoms with van der Waals surface area (Å²) in [7, 11) is 0. The minimum absolute atomic E-state index is 0.0117. The molecule has 0 amide bonds. The van der Waals surface area contributed by atoms with Gasteiger partial charge >= 0.3 is 0 Å². The standard InChI is InChI=1S/C15H18O3/c1-8-5-12-10(6-16)7-18-15(12)14-9(2)13(17)4-3-11(8)14/h5,7,9,13,16-17H,3-4,6H2,1-2H3. The molecule has 1 aromatic heterocycles. The molecular formula is C15H18O3. The first-order chi connectivity index (χ1) is 8.63. The summed E-state index contributed by atoms with van der Waals surface area (Å²) in [6, 6.07) is 2.09. The van der Waals surface area contributed by atoms with E-state index in [2.05, 4.69) is 13.0 Å². The molecular weight excluding hydrogens is 228 g/mol. The molecule has 2 aromatic rings. The summed E-state index contributed by atoms with van der Waals surface area (Å²) < 4.78 is 5.64. The first kappa shape index (κ1) is 11.8. The van der Waals surface area contributed by atoms with Gasteiger partial charge in [-0.25, -0.2) is 0 Å². The molecule has 0 radical (unpaired) electrons. The Morgan fingerprint density at radius 1 is 1.44 bits per heavy atom. The van der Waals surface area contributed by atoms with Crippen LogP contribution in [-0.4, -0.2) is 16.3 Å². The Bertz CT molecular complexity index is 597. The molecule has 2 atom stereocenters. The number of hydrogen-bond donors (Lipinski definition) is 2. The van der Waals surface area contributed by atoms with Gasteiger partial charge in [-0.15, -0.1) is 0 Å². The van der Waals surface area contributed by atoms with E-state index in [1.807, 2.05) is 6.92 Å². The Kier molecular flexibility index (Phi) is 2.68. The number of furan rings is 1. The van der Waals surface area contributed by atoms with Crippen molar-refractivity contribution in [1.29, 1.82) is 0 Å². The van der Waals surface area contributed by atoms with Crippen molar-refractivity contribution in [3.63, 3.8) is 0 Å². The molecule has 0 fully saturated rings. The summed E-state index contributed by atoms with van der Waals surface area (Å²) in [4.78, 5) is 0. The molecule has 1 aromatic carbocycles. The van der Waals surface area contributed by atoms with E-state index in [0.29, 0.717) is 0 Å². The third-order valence-corrected chi connectivity index (χ3v) is 4.21. The summed E-state index contributed by atoms with van der Waals surface area (Å²) in [5.74, 6) is 0.0915. The van der Waals surface area contributed by atoms with Crippen molar-refractivity contribution in [1.82, 2.24) is 0 Å². The lowest BCUT2D eigenvalue weighted by atomic mass is 9.79. The lowest BCUT2D eigenvalue weighted by Gasteiger charge is -2.28. The van der Waals surface area contributed by atoms with Gasteiger partial charge in [-0.2, -0.15) is 0 Å². The Balaban J connectivity index is 2.34. The fourth-order valence-corrected chi connectivity index (χ4v) is 3.09. The Morgan fingerprint density at radius 2 is 2.22 bits per heavy atom. The summed E-state index contributed by atoms with van der Waals surface area (Å²) in [6.45, 7) is 4.13. The second-order valence-corrected chi connectivity index (χ2v) is 5.28. The fourth-order valence-electron chi connectivity index (χ4n) is 3.09. The van der Waals surface area contributed by atoms with Crippen LogP contribution >= 0.6 is 0 Å². The highest BCUT2D eigenvalue weighted by Gasteiger charge is 2.29. The highest BCUT2D eigenvalue weighted by molar-refractivity contribution is 5.86. The molecule has 1 heterocycles. The second-order valence-electron chi connectivity index (χ2n) is 5.28. The van der Waals surface area contributed by atoms with Crippen LogP contribution in [0.5, 0.6) is 0 Å². The zero-order valence-corrected chi connectivity index (χ0v) is 10.7. The number of benzene rings is 1. The molecule has 0 aliphatic heterocycles. The molecule has 1 aliphatic carbocycles. The van der Waals surface area contributed by atoms with Crippen molar-refractivity contribution in [3.8, 4) is 0 Å². The van der Waals surface area contributed by atoms with Crippen LogP contribution in [0.3, 0.4) is 0 Å². The molecule has 96 valence electrons. The maximum absolute atomic E-state index is 10.0. The molecule has 3 nitrogen and oxygen atoms in total. The SMILES string of the molecule is Cc1cc2c(CO)coc2c2c1CCC(O)C2C. The first-order valence-corrected chi connectivity index (χ1v) is 6.44. The van der Waals surface area contributed by atoms with Crippen LogP contribution in [0.25, 0.3) is 11.0 Å². The predicted molar refractivity (Wildman–Crippen MR) is 69.6 cm³/mol. The smallest absolute Gasteiger partial charge is 0.138 e. The maximum Gasteiger partial charge on any atom is 0.138 e. The van der Waals surface area contributed by atoms with Crippen molar-refractivity contribution in [2.75, 3.05) is 0 Å². The number of fused-ring (bicyclic) bond motifs is 3. The Morgan fingerprint density at radius 3 is 2.94 bits per heavy atom. The number of aliphatic hydroxyl groups is 2. The number of rotatable bonds is 1. The van der Waals surface area contributed by atoms with Gasteiger partial charge in [0.1, 0.15) is 5.58 Å². The van der Waals surface area contributed by atoms with Crippen LogP contribution in [0.1, 0.15) is 41.5 Å². The summed E-state index contributed by atoms with van der Waals surface area (Å²) >= 11 is 0. The van der Waals surface area contributed by atoms with E-state index in [0.717, 1.165) is 34.9 Å². The maximum atomic E-state index is 10.0. The molecule has 3 rings (SSSR count). The van der Waals surface area contributed by atoms with E-state index in [4.69, 9.17) is 4.42 Å². The molecule has 3 heteroatoms. The van der Waals surface area contributed by atoms with E-state index in [9.17, 15) is 10.2 Å². The van der Waals surface area contributed by atoms with Gasteiger partial charge in [0.15, 0.2) is 0 Å². The van der Waals surface area contributed by atoms with Crippen LogP contribution in [0.15, 0.2) is 16.7 Å². The van der Waals surface area contributed by atoms with E-state index in [1.54, 1.807) is 6.26 Å². The minimum Gasteiger partial charge on any atom is -0.464 e. The number of hydrogen-bond acceptors (Lipinski definition) is 3. The van der Waals surface area contributed by atoms with Gasteiger partial charge in [-0.1, -0.05) is 6.92 Å². The molecule has 2 unspecified atom stereocenters. The summed E-state index contributed by atoms with van der Waals surface area (Å²) in [5.41, 5.74) is 5.32. The van der Waals surface area contributed by atoms with Crippen LogP contribution in [0.4, 0.5) is 0 Å². The van der Waals surface area contributed by atoms with E-state index in [1.165, 1.54) is 11.1 Å². The van der Waals surface area contributed by atoms with Gasteiger partial charge in [0.05, 0.1) is 19.0 Å². The van der Waals surface area contributed by atoms with Gasteiger partial charge < -0.3 is 14.6 Å². The van der Waals surface area contributed by atoms with Gasteiger partial charge in [0, 0.05) is 22.4 Å². The average Bonchev–Trinajstić information content (AvgIpc) is 2.76. The van der Waals surface area contributed by atoms with E-state index >= 15 is 0 Å². The molecule has 0 saturated heterocycles. The quantitative estimate of drug-likeness (QED) is 0.813. The fraction of sp³-hybridized carbons (Fsp3) is 0.467. The first-order valence-electron chi connectivity index (χ1n) is 6.44. The molecule has 0 bridgehead atoms. The number of aliphatic hydroxyl groups excluding tert-OH is 2. The van der Waals surface area contributed by atoms with E-state index < -0.39 is 0 Å². The second kappa shape index (κ2) is 4.11. The highest BCUT2D eigenvalue weighted by Crippen LogP contribution is 2.40. The zero-order chi connectivity index (χ0) is 12.9. The van der Waals surface area contributed by atoms with Crippen molar-refractivity contribution >= 4 is 11.0 Å². The molecule has 18 heavy (non-hydrogen) atoms. The topological polar surface area (TPSA) is 53.6 Å². The zero-order valence-electron chi connectivity index (χ0n) is 10.7. The third-order valence-electron chi connectivity index (χ3n) is 4.21. The normalized spacial score (nSPS) is 23.3. The van der Waals surface area contributed by atoms with Gasteiger partial charge in [0.25, 0.3) is 0 Å². The number of aryl methyl sites for hydroxylation is 1. The van der Waals surface area contributed by atoms with Crippen molar-refractivity contribution in [3.05, 3.63) is 34.6 Å². The van der Waals surface area contributed by atoms with Crippen LogP contribution < -0.4 is 0 Å². The third kappa shape index (κ3) is 1.51. The molecule has 2 N–H and O–H groups in total. The summed E-state index contributed by atoms with van der Waals surface area (Å²) in [6.07, 6.45) is 3.04. The average molecular weight is 246 g/mol. The lowest BCUT2D eigenvalue weighted by molar-refractivity contribution is 0.132. The van der Waals surface area contributed by atoms with Gasteiger partial charge in [0.2, 0.25) is 0 Å². The van der Waals surface area contributed by atoms with Crippen LogP contribution in [-0.2, 0) is 13.0 Å². The van der Waals surface area contributed by atoms with Gasteiger partial charge in [-0.05, 0) is 37.0 Å². The van der Waals surface area contributed by atoms with Crippen molar-refractivity contribution in [2.45, 2.75) is 45.3 Å². The van der Waals surface area contributed by atoms with Crippen molar-refractivity contribution in [2.24, 2.45) is 0 Å². The molecule has 0 saturated carbocycles. The van der Waals surface area contributed by atoms with Crippen molar-refractivity contribution < 1.29 is 14.6 Å². The molecule has 0 spiro atoms. The monoisotopic (exact) mass is 246 g/mol. The largest absolute Gasteiger partial charge is 0.464 e. The lowest BCUT2D eigenvalue weighted by Crippen LogP contribution is -2.23.